The number of ether oxygens (including phenoxy) is 1. The third kappa shape index (κ3) is 3.87. The van der Waals surface area contributed by atoms with Crippen LogP contribution in [0.1, 0.15) is 32.6 Å². The predicted octanol–water partition coefficient (Wildman–Crippen LogP) is 1.29. The van der Waals surface area contributed by atoms with E-state index in [4.69, 9.17) is 9.94 Å². The lowest BCUT2D eigenvalue weighted by atomic mass is 10.2. The van der Waals surface area contributed by atoms with Gasteiger partial charge in [0.15, 0.2) is 0 Å². The molecule has 0 aromatic heterocycles. The van der Waals surface area contributed by atoms with Crippen LogP contribution in [0.15, 0.2) is 24.3 Å². The van der Waals surface area contributed by atoms with E-state index in [-0.39, 0.29) is 25.1 Å². The van der Waals surface area contributed by atoms with Gasteiger partial charge >= 0.3 is 0 Å². The molecule has 0 bridgehead atoms. The number of carbonyl (C=O) groups excluding carboxylic acids is 1. The number of sulfonamides is 1. The summed E-state index contributed by atoms with van der Waals surface area (Å²) in [5.41, 5.74) is 1.54. The van der Waals surface area contributed by atoms with Crippen LogP contribution in [0.4, 0.5) is 5.69 Å². The molecule has 1 aliphatic rings. The predicted molar refractivity (Wildman–Crippen MR) is 89.8 cm³/mol. The van der Waals surface area contributed by atoms with E-state index in [1.807, 2.05) is 6.92 Å². The van der Waals surface area contributed by atoms with Crippen LogP contribution in [0.5, 0.6) is 5.75 Å². The van der Waals surface area contributed by atoms with Crippen LogP contribution < -0.4 is 14.9 Å². The van der Waals surface area contributed by atoms with E-state index in [9.17, 15) is 18.4 Å². The lowest BCUT2D eigenvalue weighted by Gasteiger charge is -2.31. The number of carbonyl (C=O) groups is 1. The van der Waals surface area contributed by atoms with Gasteiger partial charge in [0.25, 0.3) is 15.9 Å². The highest BCUT2D eigenvalue weighted by molar-refractivity contribution is 7.94. The van der Waals surface area contributed by atoms with Crippen LogP contribution in [0.25, 0.3) is 0 Å². The molecule has 0 radical (unpaired) electrons. The first-order valence-electron chi connectivity index (χ1n) is 8.03. The van der Waals surface area contributed by atoms with Crippen molar-refractivity contribution in [3.05, 3.63) is 24.3 Å². The van der Waals surface area contributed by atoms with Gasteiger partial charge in [0.1, 0.15) is 5.75 Å². The van der Waals surface area contributed by atoms with Crippen LogP contribution in [-0.2, 0) is 14.8 Å². The summed E-state index contributed by atoms with van der Waals surface area (Å²) in [4.78, 5) is 9.70. The first kappa shape index (κ1) is 19.4. The van der Waals surface area contributed by atoms with Crippen molar-refractivity contribution in [3.8, 4) is 5.75 Å². The molecule has 1 heterocycles. The van der Waals surface area contributed by atoms with Crippen molar-refractivity contribution < 1.29 is 28.4 Å². The van der Waals surface area contributed by atoms with Crippen molar-refractivity contribution in [1.29, 1.82) is 0 Å². The number of benzene rings is 1. The van der Waals surface area contributed by atoms with E-state index in [2.05, 4.69) is 4.72 Å². The summed E-state index contributed by atoms with van der Waals surface area (Å²) in [5.74, 6) is -0.608. The molecule has 1 aromatic rings. The molecule has 2 rings (SSSR count). The summed E-state index contributed by atoms with van der Waals surface area (Å²) in [5, 5.41) is 19.3. The molecule has 1 atom stereocenters. The molecular formula is C15H23N3O6S. The quantitative estimate of drug-likeness (QED) is 0.307. The number of nitrogens with one attached hydrogen (secondary N) is 2. The Morgan fingerprint density at radius 2 is 2.04 bits per heavy atom. The van der Waals surface area contributed by atoms with Crippen molar-refractivity contribution in [2.45, 2.75) is 37.5 Å². The zero-order valence-electron chi connectivity index (χ0n) is 13.9. The Balaban J connectivity index is 2.18. The topological polar surface area (TPSA) is 128 Å². The maximum absolute atomic E-state index is 12.7. The van der Waals surface area contributed by atoms with Gasteiger partial charge in [-0.25, -0.2) is 13.9 Å². The van der Waals surface area contributed by atoms with E-state index >= 15 is 0 Å². The second kappa shape index (κ2) is 8.00. The zero-order chi connectivity index (χ0) is 18.5. The van der Waals surface area contributed by atoms with Gasteiger partial charge < -0.3 is 9.94 Å². The Hall–Kier alpha value is -1.88. The van der Waals surface area contributed by atoms with Crippen LogP contribution in [0.2, 0.25) is 0 Å². The van der Waals surface area contributed by atoms with Crippen LogP contribution >= 0.6 is 0 Å². The molecule has 25 heavy (non-hydrogen) atoms. The summed E-state index contributed by atoms with van der Waals surface area (Å²) < 4.78 is 33.2. The molecule has 1 aliphatic heterocycles. The van der Waals surface area contributed by atoms with Gasteiger partial charge in [-0.05, 0) is 43.5 Å². The average molecular weight is 373 g/mol. The first-order valence-corrected chi connectivity index (χ1v) is 9.52. The van der Waals surface area contributed by atoms with Crippen molar-refractivity contribution in [1.82, 2.24) is 10.5 Å². The van der Waals surface area contributed by atoms with E-state index in [1.54, 1.807) is 12.1 Å². The minimum atomic E-state index is -4.36. The second-order valence-corrected chi connectivity index (χ2v) is 7.67. The average Bonchev–Trinajstić information content (AvgIpc) is 2.99. The maximum atomic E-state index is 12.7. The number of anilines is 1. The lowest BCUT2D eigenvalue weighted by molar-refractivity contribution is -0.160. The van der Waals surface area contributed by atoms with Crippen molar-refractivity contribution in [2.75, 3.05) is 17.9 Å². The third-order valence-corrected chi connectivity index (χ3v) is 6.07. The molecule has 1 unspecified atom stereocenters. The molecule has 1 saturated heterocycles. The fourth-order valence-corrected chi connectivity index (χ4v) is 4.37. The Morgan fingerprint density at radius 3 is 2.56 bits per heavy atom. The van der Waals surface area contributed by atoms with Crippen molar-refractivity contribution in [3.63, 3.8) is 0 Å². The molecule has 0 saturated carbocycles. The SMILES string of the molecule is CCCCOc1ccc(NS(=O)(=O)C2(C(=O)NO)CCCN2O)cc1. The molecule has 1 fully saturated rings. The van der Waals surface area contributed by atoms with Gasteiger partial charge in [-0.2, -0.15) is 5.06 Å². The molecular weight excluding hydrogens is 350 g/mol. The zero-order valence-corrected chi connectivity index (χ0v) is 14.8. The number of hydrogen-bond donors (Lipinski definition) is 4. The van der Waals surface area contributed by atoms with Gasteiger partial charge in [0, 0.05) is 12.2 Å². The number of hydrogen-bond acceptors (Lipinski definition) is 7. The summed E-state index contributed by atoms with van der Waals surface area (Å²) >= 11 is 0. The summed E-state index contributed by atoms with van der Waals surface area (Å²) in [7, 11) is -4.36. The highest BCUT2D eigenvalue weighted by atomic mass is 32.2. The number of hydroxylamine groups is 3. The molecule has 0 aliphatic carbocycles. The molecule has 0 spiro atoms. The standard InChI is InChI=1S/C15H23N3O6S/c1-2-3-11-24-13-7-5-12(6-8-13)17-25(22,23)15(14(19)16-20)9-4-10-18(15)21/h5-8,17,20-21H,2-4,9-11H2,1H3,(H,16,19). The highest BCUT2D eigenvalue weighted by Crippen LogP contribution is 2.34. The number of unbranched alkanes of at least 4 members (excludes halogenated alkanes) is 1. The first-order chi connectivity index (χ1) is 11.9. The van der Waals surface area contributed by atoms with Gasteiger partial charge in [-0.1, -0.05) is 13.3 Å². The lowest BCUT2D eigenvalue weighted by Crippen LogP contribution is -2.60. The Labute approximate surface area is 146 Å². The minimum Gasteiger partial charge on any atom is -0.494 e. The fourth-order valence-electron chi connectivity index (χ4n) is 2.68. The van der Waals surface area contributed by atoms with Crippen LogP contribution in [0, 0.1) is 0 Å². The summed E-state index contributed by atoms with van der Waals surface area (Å²) in [6, 6.07) is 6.22. The largest absolute Gasteiger partial charge is 0.494 e. The maximum Gasteiger partial charge on any atom is 0.283 e. The van der Waals surface area contributed by atoms with Gasteiger partial charge in [-0.3, -0.25) is 14.7 Å². The van der Waals surface area contributed by atoms with E-state index < -0.39 is 20.8 Å². The van der Waals surface area contributed by atoms with E-state index in [0.717, 1.165) is 12.8 Å². The van der Waals surface area contributed by atoms with E-state index in [0.29, 0.717) is 17.4 Å². The number of nitrogens with zero attached hydrogens (tertiary/aromatic N) is 1. The second-order valence-electron chi connectivity index (χ2n) is 5.78. The molecule has 9 nitrogen and oxygen atoms in total. The monoisotopic (exact) mass is 373 g/mol. The third-order valence-electron chi connectivity index (χ3n) is 4.08. The fraction of sp³-hybridized carbons (Fsp3) is 0.533. The summed E-state index contributed by atoms with van der Waals surface area (Å²) in [6.45, 7) is 2.62. The Morgan fingerprint density at radius 1 is 1.36 bits per heavy atom. The number of amides is 1. The molecule has 140 valence electrons. The Kier molecular flexibility index (Phi) is 6.22. The van der Waals surface area contributed by atoms with Crippen LogP contribution in [0.3, 0.4) is 0 Å². The number of rotatable bonds is 8. The molecule has 1 amide bonds. The minimum absolute atomic E-state index is 0.00145. The normalized spacial score (nSPS) is 21.1. The summed E-state index contributed by atoms with van der Waals surface area (Å²) in [6.07, 6.45) is 2.06. The molecule has 1 aromatic carbocycles. The van der Waals surface area contributed by atoms with Gasteiger partial charge in [-0.15, -0.1) is 0 Å². The van der Waals surface area contributed by atoms with Crippen LogP contribution in [-0.4, -0.2) is 47.8 Å². The molecule has 10 heteroatoms. The van der Waals surface area contributed by atoms with Crippen molar-refractivity contribution in [2.24, 2.45) is 0 Å². The van der Waals surface area contributed by atoms with Crippen molar-refractivity contribution >= 4 is 21.6 Å². The molecule has 4 N–H and O–H groups in total. The van der Waals surface area contributed by atoms with Gasteiger partial charge in [0.05, 0.1) is 6.61 Å². The van der Waals surface area contributed by atoms with Gasteiger partial charge in [0.2, 0.25) is 4.87 Å². The smallest absolute Gasteiger partial charge is 0.283 e. The van der Waals surface area contributed by atoms with E-state index in [1.165, 1.54) is 17.6 Å². The highest BCUT2D eigenvalue weighted by Gasteiger charge is 2.58. The Bertz CT molecular complexity index is 694.